The minimum absolute atomic E-state index is 0.153. The molecule has 3 aromatic rings. The first-order valence-corrected chi connectivity index (χ1v) is 13.2. The third kappa shape index (κ3) is 5.03. The molecule has 0 aliphatic carbocycles. The van der Waals surface area contributed by atoms with Crippen LogP contribution in [0.2, 0.25) is 10.0 Å². The predicted molar refractivity (Wildman–Crippen MR) is 150 cm³/mol. The molecule has 6 nitrogen and oxygen atoms in total. The number of thiocarbonyl (C=S) groups is 1. The minimum atomic E-state index is -0.225. The number of carbonyl (C=O) groups is 1. The standard InChI is InChI=1S/C25H16BrCl2NO5S2/c1-31-21-7-13(6-17(26)23(21)32-11-14-2-3-15(27)9-18(14)28)8-22-24(30)29(25(35)36-22)16-4-5-19-20(10-16)34-12-33-19/h2-10H,11-12H2,1H3/b22-8+. The topological polar surface area (TPSA) is 57.2 Å². The van der Waals surface area contributed by atoms with Crippen LogP contribution in [0.25, 0.3) is 6.08 Å². The van der Waals surface area contributed by atoms with E-state index in [-0.39, 0.29) is 19.3 Å². The van der Waals surface area contributed by atoms with Gasteiger partial charge in [0.15, 0.2) is 27.3 Å². The molecule has 0 N–H and O–H groups in total. The number of carbonyl (C=O) groups excluding carboxylic acids is 1. The molecule has 36 heavy (non-hydrogen) atoms. The molecule has 3 aromatic carbocycles. The highest BCUT2D eigenvalue weighted by Gasteiger charge is 2.34. The van der Waals surface area contributed by atoms with Gasteiger partial charge in [-0.25, -0.2) is 0 Å². The first-order valence-electron chi connectivity index (χ1n) is 10.5. The average molecular weight is 625 g/mol. The van der Waals surface area contributed by atoms with Gasteiger partial charge >= 0.3 is 0 Å². The monoisotopic (exact) mass is 623 g/mol. The molecule has 5 rings (SSSR count). The summed E-state index contributed by atoms with van der Waals surface area (Å²) in [6.45, 7) is 0.374. The third-order valence-electron chi connectivity index (χ3n) is 5.34. The Balaban J connectivity index is 1.38. The summed E-state index contributed by atoms with van der Waals surface area (Å²) < 4.78 is 23.4. The van der Waals surface area contributed by atoms with Gasteiger partial charge in [-0.1, -0.05) is 53.2 Å². The number of benzene rings is 3. The number of fused-ring (bicyclic) bond motifs is 1. The van der Waals surface area contributed by atoms with Gasteiger partial charge in [0.05, 0.1) is 22.2 Å². The van der Waals surface area contributed by atoms with E-state index < -0.39 is 0 Å². The summed E-state index contributed by atoms with van der Waals surface area (Å²) in [5, 5.41) is 1.06. The highest BCUT2D eigenvalue weighted by atomic mass is 79.9. The fourth-order valence-corrected chi connectivity index (χ4v) is 5.95. The second-order valence-electron chi connectivity index (χ2n) is 7.61. The lowest BCUT2D eigenvalue weighted by Gasteiger charge is -2.15. The molecule has 0 spiro atoms. The molecule has 2 heterocycles. The zero-order valence-corrected chi connectivity index (χ0v) is 23.3. The van der Waals surface area contributed by atoms with E-state index in [4.69, 9.17) is 54.4 Å². The third-order valence-corrected chi connectivity index (χ3v) is 7.82. The van der Waals surface area contributed by atoms with Crippen molar-refractivity contribution in [3.63, 3.8) is 0 Å². The Morgan fingerprint density at radius 3 is 2.72 bits per heavy atom. The molecule has 11 heteroatoms. The summed E-state index contributed by atoms with van der Waals surface area (Å²) in [4.78, 5) is 15.2. The number of rotatable bonds is 6. The lowest BCUT2D eigenvalue weighted by Crippen LogP contribution is -2.27. The predicted octanol–water partition coefficient (Wildman–Crippen LogP) is 7.48. The van der Waals surface area contributed by atoms with Gasteiger partial charge in [-0.05, 0) is 64.0 Å². The fraction of sp³-hybridized carbons (Fsp3) is 0.120. The van der Waals surface area contributed by atoms with E-state index in [1.165, 1.54) is 16.7 Å². The van der Waals surface area contributed by atoms with Gasteiger partial charge in [0.2, 0.25) is 6.79 Å². The van der Waals surface area contributed by atoms with Crippen molar-refractivity contribution in [3.05, 3.63) is 79.1 Å². The molecular weight excluding hydrogens is 609 g/mol. The maximum absolute atomic E-state index is 13.2. The first kappa shape index (κ1) is 25.2. The van der Waals surface area contributed by atoms with Crippen LogP contribution in [0.5, 0.6) is 23.0 Å². The summed E-state index contributed by atoms with van der Waals surface area (Å²) >= 11 is 22.5. The Morgan fingerprint density at radius 1 is 1.14 bits per heavy atom. The average Bonchev–Trinajstić information content (AvgIpc) is 3.42. The lowest BCUT2D eigenvalue weighted by atomic mass is 10.1. The highest BCUT2D eigenvalue weighted by molar-refractivity contribution is 9.10. The number of hydrogen-bond donors (Lipinski definition) is 0. The molecule has 2 aliphatic rings. The Labute approximate surface area is 235 Å². The van der Waals surface area contributed by atoms with Crippen LogP contribution in [0.3, 0.4) is 0 Å². The number of halogens is 3. The zero-order chi connectivity index (χ0) is 25.4. The molecule has 0 bridgehead atoms. The molecule has 1 amide bonds. The number of hydrogen-bond acceptors (Lipinski definition) is 7. The quantitative estimate of drug-likeness (QED) is 0.208. The van der Waals surface area contributed by atoms with Crippen molar-refractivity contribution < 1.29 is 23.7 Å². The number of nitrogens with zero attached hydrogens (tertiary/aromatic N) is 1. The van der Waals surface area contributed by atoms with E-state index in [0.717, 1.165) is 11.1 Å². The summed E-state index contributed by atoms with van der Waals surface area (Å²) in [7, 11) is 1.55. The van der Waals surface area contributed by atoms with Crippen LogP contribution in [0.1, 0.15) is 11.1 Å². The van der Waals surface area contributed by atoms with Crippen LogP contribution in [-0.4, -0.2) is 24.1 Å². The number of methoxy groups -OCH3 is 1. The van der Waals surface area contributed by atoms with Crippen molar-refractivity contribution in [2.24, 2.45) is 0 Å². The Hall–Kier alpha value is -2.43. The molecule has 0 radical (unpaired) electrons. The van der Waals surface area contributed by atoms with Crippen LogP contribution in [0.4, 0.5) is 5.69 Å². The van der Waals surface area contributed by atoms with Gasteiger partial charge in [-0.15, -0.1) is 0 Å². The zero-order valence-electron chi connectivity index (χ0n) is 18.5. The van der Waals surface area contributed by atoms with E-state index >= 15 is 0 Å². The largest absolute Gasteiger partial charge is 0.493 e. The maximum Gasteiger partial charge on any atom is 0.270 e. The van der Waals surface area contributed by atoms with E-state index in [0.29, 0.717) is 52.4 Å². The normalized spacial score (nSPS) is 15.7. The highest BCUT2D eigenvalue weighted by Crippen LogP contribution is 2.42. The van der Waals surface area contributed by atoms with E-state index in [1.54, 1.807) is 49.6 Å². The summed E-state index contributed by atoms with van der Waals surface area (Å²) in [5.74, 6) is 1.99. The second kappa shape index (κ2) is 10.5. The van der Waals surface area contributed by atoms with Gasteiger partial charge in [0, 0.05) is 21.7 Å². The number of ether oxygens (including phenoxy) is 4. The molecule has 1 saturated heterocycles. The molecular formula is C25H16BrCl2NO5S2. The molecule has 0 atom stereocenters. The van der Waals surface area contributed by atoms with Crippen LogP contribution < -0.4 is 23.8 Å². The second-order valence-corrected chi connectivity index (χ2v) is 11.0. The van der Waals surface area contributed by atoms with Crippen molar-refractivity contribution in [2.75, 3.05) is 18.8 Å². The summed E-state index contributed by atoms with van der Waals surface area (Å²) in [5.41, 5.74) is 2.14. The van der Waals surface area contributed by atoms with Crippen molar-refractivity contribution >= 4 is 85.1 Å². The minimum Gasteiger partial charge on any atom is -0.493 e. The van der Waals surface area contributed by atoms with E-state index in [9.17, 15) is 4.79 Å². The smallest absolute Gasteiger partial charge is 0.270 e. The molecule has 184 valence electrons. The van der Waals surface area contributed by atoms with Crippen LogP contribution in [-0.2, 0) is 11.4 Å². The van der Waals surface area contributed by atoms with Crippen molar-refractivity contribution in [1.29, 1.82) is 0 Å². The SMILES string of the molecule is COc1cc(/C=C2/SC(=S)N(c3ccc4c(c3)OCO4)C2=O)cc(Br)c1OCc1ccc(Cl)cc1Cl. The van der Waals surface area contributed by atoms with E-state index in [1.807, 2.05) is 12.1 Å². The molecule has 1 fully saturated rings. The Kier molecular flexibility index (Phi) is 7.37. The maximum atomic E-state index is 13.2. The lowest BCUT2D eigenvalue weighted by molar-refractivity contribution is -0.113. The summed E-state index contributed by atoms with van der Waals surface area (Å²) in [6.07, 6.45) is 1.76. The van der Waals surface area contributed by atoms with Crippen LogP contribution in [0, 0.1) is 0 Å². The van der Waals surface area contributed by atoms with Crippen molar-refractivity contribution in [1.82, 2.24) is 0 Å². The van der Waals surface area contributed by atoms with E-state index in [2.05, 4.69) is 15.9 Å². The Morgan fingerprint density at radius 2 is 1.94 bits per heavy atom. The molecule has 0 saturated carbocycles. The Bertz CT molecular complexity index is 1430. The van der Waals surface area contributed by atoms with Gasteiger partial charge < -0.3 is 18.9 Å². The van der Waals surface area contributed by atoms with Crippen molar-refractivity contribution in [3.8, 4) is 23.0 Å². The van der Waals surface area contributed by atoms with Gasteiger partial charge in [0.1, 0.15) is 6.61 Å². The molecule has 0 aromatic heterocycles. The van der Waals surface area contributed by atoms with Crippen LogP contribution >= 0.6 is 63.1 Å². The van der Waals surface area contributed by atoms with Crippen LogP contribution in [0.15, 0.2) is 57.9 Å². The van der Waals surface area contributed by atoms with Crippen molar-refractivity contribution in [2.45, 2.75) is 6.61 Å². The van der Waals surface area contributed by atoms with Gasteiger partial charge in [-0.2, -0.15) is 0 Å². The number of amides is 1. The first-order chi connectivity index (χ1) is 17.3. The van der Waals surface area contributed by atoms with Gasteiger partial charge in [0.25, 0.3) is 5.91 Å². The molecule has 2 aliphatic heterocycles. The number of thioether (sulfide) groups is 1. The number of anilines is 1. The fourth-order valence-electron chi connectivity index (χ4n) is 3.62. The summed E-state index contributed by atoms with van der Waals surface area (Å²) in [6, 6.07) is 14.1. The van der Waals surface area contributed by atoms with Gasteiger partial charge in [-0.3, -0.25) is 9.69 Å². The molecule has 0 unspecified atom stereocenters.